The molecule has 5 atom stereocenters. The molecule has 1 N–H and O–H groups in total. The van der Waals surface area contributed by atoms with Crippen LogP contribution >= 0.6 is 0 Å². The summed E-state index contributed by atoms with van der Waals surface area (Å²) in [6, 6.07) is -3.03. The first-order chi connectivity index (χ1) is 19.0. The smallest absolute Gasteiger partial charge is 0.724 e. The number of fused-ring (bicyclic) bond motifs is 4. The molecule has 1 saturated heterocycles. The Bertz CT molecular complexity index is 1380. The van der Waals surface area contributed by atoms with Crippen LogP contribution in [0.4, 0.5) is 4.79 Å². The van der Waals surface area contributed by atoms with Crippen LogP contribution in [0.25, 0.3) is 0 Å². The van der Waals surface area contributed by atoms with Gasteiger partial charge in [0.25, 0.3) is 0 Å². The zero-order valence-electron chi connectivity index (χ0n) is 23.6. The van der Waals surface area contributed by atoms with Gasteiger partial charge in [-0.1, -0.05) is 5.16 Å². The number of carbonyl (C=O) groups is 5. The molecule has 1 aromatic rings. The summed E-state index contributed by atoms with van der Waals surface area (Å²) in [7, 11) is -2.34. The molecule has 1 fully saturated rings. The SMILES string of the molecule is CN/C(=N\OC(=O)[C@H](C)OC(=O)[C@H](C)OC(=O)C(C)OC(C)=O)[C@@H]1c2c(cnn2C)[C@@H]2CN1C(=O)N2OS(=O)(=O)[O-].[Na+]. The Morgan fingerprint density at radius 1 is 1.07 bits per heavy atom. The second-order valence-electron chi connectivity index (χ2n) is 8.82. The fourth-order valence-electron chi connectivity index (χ4n) is 4.04. The van der Waals surface area contributed by atoms with E-state index in [2.05, 4.69) is 24.6 Å². The number of carbonyl (C=O) groups excluding carboxylic acids is 5. The normalized spacial score (nSPS) is 20.0. The number of nitrogens with one attached hydrogen (secondary N) is 1. The van der Waals surface area contributed by atoms with Gasteiger partial charge in [-0.2, -0.15) is 14.4 Å². The van der Waals surface area contributed by atoms with Crippen molar-refractivity contribution in [1.82, 2.24) is 25.1 Å². The number of hydrogen-bond acceptors (Lipinski definition) is 15. The summed E-state index contributed by atoms with van der Waals surface area (Å²) in [6.45, 7) is 4.55. The van der Waals surface area contributed by atoms with Gasteiger partial charge in [0.2, 0.25) is 10.4 Å². The largest absolute Gasteiger partial charge is 1.00 e. The molecule has 2 aliphatic rings. The maximum Gasteiger partial charge on any atom is 1.00 e. The van der Waals surface area contributed by atoms with Crippen LogP contribution in [0.2, 0.25) is 0 Å². The number of rotatable bonds is 10. The first-order valence-electron chi connectivity index (χ1n) is 11.9. The van der Waals surface area contributed by atoms with E-state index < -0.39 is 70.7 Å². The molecule has 0 aliphatic carbocycles. The van der Waals surface area contributed by atoms with Crippen molar-refractivity contribution in [1.29, 1.82) is 0 Å². The van der Waals surface area contributed by atoms with Crippen molar-refractivity contribution in [2.45, 2.75) is 58.1 Å². The summed E-state index contributed by atoms with van der Waals surface area (Å²) in [5.74, 6) is -4.11. The third-order valence-corrected chi connectivity index (χ3v) is 6.22. The molecule has 2 aliphatic heterocycles. The van der Waals surface area contributed by atoms with Crippen LogP contribution in [0.1, 0.15) is 51.0 Å². The monoisotopic (exact) mass is 626 g/mol. The number of hydroxylamine groups is 2. The number of amidine groups is 1. The fraction of sp³-hybridized carbons (Fsp3) is 0.571. The Kier molecular flexibility index (Phi) is 11.5. The van der Waals surface area contributed by atoms with Crippen molar-refractivity contribution >= 4 is 46.1 Å². The first kappa shape index (κ1) is 34.9. The molecule has 0 spiro atoms. The molecule has 0 aromatic carbocycles. The Hall–Kier alpha value is -3.30. The summed E-state index contributed by atoms with van der Waals surface area (Å²) in [5.41, 5.74) is 0.706. The van der Waals surface area contributed by atoms with Crippen LogP contribution in [0.5, 0.6) is 0 Å². The van der Waals surface area contributed by atoms with Crippen LogP contribution < -0.4 is 34.9 Å². The summed E-state index contributed by atoms with van der Waals surface area (Å²) < 4.78 is 53.9. The van der Waals surface area contributed by atoms with Gasteiger partial charge in [-0.05, 0) is 20.8 Å². The standard InChI is InChI=1S/C21H28N6O13S.Na/c1-9(36-12(4)28)18(29)37-10(2)19(30)38-11(3)20(31)39-24-17(22-5)16-15-13(7-23-25(15)6)14-8-26(16)21(32)27(14)40-41(33,34)35;/h7,9-11,14,16H,8H2,1-6H3,(H,22,24)(H,33,34,35);/q;+1/p-1/t9?,10-,11-,14-,16-;/m0./s1. The van der Waals surface area contributed by atoms with Crippen molar-refractivity contribution in [3.8, 4) is 0 Å². The quantitative estimate of drug-likeness (QED) is 0.0297. The minimum atomic E-state index is -5.28. The van der Waals surface area contributed by atoms with Gasteiger partial charge >= 0.3 is 59.5 Å². The number of urea groups is 1. The predicted octanol–water partition coefficient (Wildman–Crippen LogP) is -4.46. The maximum atomic E-state index is 13.0. The minimum Gasteiger partial charge on any atom is -0.724 e. The number of ether oxygens (including phenoxy) is 3. The molecule has 3 rings (SSSR count). The maximum absolute atomic E-state index is 13.0. The van der Waals surface area contributed by atoms with E-state index in [1.807, 2.05) is 0 Å². The molecule has 1 aromatic heterocycles. The number of oxime groups is 1. The van der Waals surface area contributed by atoms with Gasteiger partial charge < -0.3 is 33.8 Å². The van der Waals surface area contributed by atoms with E-state index in [0.717, 1.165) is 18.7 Å². The van der Waals surface area contributed by atoms with Crippen molar-refractivity contribution in [3.63, 3.8) is 0 Å². The topological polar surface area (TPSA) is 237 Å². The predicted molar refractivity (Wildman–Crippen MR) is 128 cm³/mol. The molecule has 19 nitrogen and oxygen atoms in total. The van der Waals surface area contributed by atoms with Gasteiger partial charge in [0.05, 0.1) is 18.4 Å². The van der Waals surface area contributed by atoms with Gasteiger partial charge in [0, 0.05) is 26.6 Å². The van der Waals surface area contributed by atoms with Gasteiger partial charge in [0.15, 0.2) is 24.1 Å². The molecular weight excluding hydrogens is 599 g/mol. The van der Waals surface area contributed by atoms with Crippen molar-refractivity contribution in [2.75, 3.05) is 13.6 Å². The number of nitrogens with zero attached hydrogens (tertiary/aromatic N) is 5. The van der Waals surface area contributed by atoms with E-state index in [1.54, 1.807) is 7.05 Å². The van der Waals surface area contributed by atoms with E-state index in [-0.39, 0.29) is 41.9 Å². The molecule has 3 heterocycles. The summed E-state index contributed by atoms with van der Waals surface area (Å²) in [6.07, 6.45) is -2.91. The number of esters is 3. The van der Waals surface area contributed by atoms with Gasteiger partial charge in [-0.25, -0.2) is 27.6 Å². The third-order valence-electron chi connectivity index (χ3n) is 5.88. The second kappa shape index (κ2) is 13.8. The number of aryl methyl sites for hydroxylation is 1. The molecule has 2 amide bonds. The molecule has 2 bridgehead atoms. The van der Waals surface area contributed by atoms with Gasteiger partial charge in [0.1, 0.15) is 12.1 Å². The Labute approximate surface area is 261 Å². The fourth-order valence-corrected chi connectivity index (χ4v) is 4.40. The van der Waals surface area contributed by atoms with Crippen molar-refractivity contribution in [2.24, 2.45) is 12.2 Å². The van der Waals surface area contributed by atoms with Crippen LogP contribution in [-0.2, 0) is 60.0 Å². The number of likely N-dealkylation sites (N-methyl/N-ethyl adjacent to an activating group) is 1. The molecular formula is C21H27N6NaO13S. The third kappa shape index (κ3) is 7.75. The zero-order valence-corrected chi connectivity index (χ0v) is 26.4. The van der Waals surface area contributed by atoms with E-state index in [4.69, 9.17) is 14.3 Å². The molecule has 0 radical (unpaired) electrons. The van der Waals surface area contributed by atoms with E-state index in [1.165, 1.54) is 31.8 Å². The van der Waals surface area contributed by atoms with E-state index in [9.17, 15) is 36.9 Å². The average Bonchev–Trinajstić information content (AvgIpc) is 3.38. The van der Waals surface area contributed by atoms with Gasteiger partial charge in [-0.3, -0.25) is 9.48 Å². The van der Waals surface area contributed by atoms with E-state index >= 15 is 0 Å². The van der Waals surface area contributed by atoms with Gasteiger partial charge in [-0.15, -0.1) is 0 Å². The van der Waals surface area contributed by atoms with Crippen LogP contribution in [-0.4, -0.2) is 100 Å². The summed E-state index contributed by atoms with van der Waals surface area (Å²) >= 11 is 0. The van der Waals surface area contributed by atoms with Crippen LogP contribution in [0.3, 0.4) is 0 Å². The van der Waals surface area contributed by atoms with Crippen molar-refractivity contribution < 1.29 is 89.8 Å². The minimum absolute atomic E-state index is 0. The number of amides is 2. The number of hydrogen-bond donors (Lipinski definition) is 1. The van der Waals surface area contributed by atoms with Crippen LogP contribution in [0.15, 0.2) is 11.4 Å². The Morgan fingerprint density at radius 3 is 2.14 bits per heavy atom. The van der Waals surface area contributed by atoms with Crippen molar-refractivity contribution in [3.05, 3.63) is 17.5 Å². The summed E-state index contributed by atoms with van der Waals surface area (Å²) in [5, 5.41) is 11.0. The zero-order chi connectivity index (χ0) is 30.8. The first-order valence-corrected chi connectivity index (χ1v) is 13.2. The average molecular weight is 627 g/mol. The molecule has 0 saturated carbocycles. The summed E-state index contributed by atoms with van der Waals surface area (Å²) in [4.78, 5) is 66.7. The Balaban J connectivity index is 0.00000616. The second-order valence-corrected chi connectivity index (χ2v) is 9.78. The molecule has 42 heavy (non-hydrogen) atoms. The van der Waals surface area contributed by atoms with E-state index in [0.29, 0.717) is 16.3 Å². The molecule has 226 valence electrons. The molecule has 21 heteroatoms. The number of aromatic nitrogens is 2. The Morgan fingerprint density at radius 2 is 1.62 bits per heavy atom. The molecule has 1 unspecified atom stereocenters. The van der Waals surface area contributed by atoms with Crippen LogP contribution in [0, 0.1) is 0 Å².